The van der Waals surface area contributed by atoms with Crippen molar-refractivity contribution in [2.24, 2.45) is 0 Å². The number of hydrogen-bond donors (Lipinski definition) is 1. The minimum absolute atomic E-state index is 0.263. The molecule has 2 heterocycles. The Labute approximate surface area is 165 Å². The second-order valence-corrected chi connectivity index (χ2v) is 7.44. The molecule has 0 unspecified atom stereocenters. The van der Waals surface area contributed by atoms with Crippen molar-refractivity contribution in [2.75, 3.05) is 11.9 Å². The minimum atomic E-state index is -0.713. The number of carbonyl (C=O) groups is 2. The van der Waals surface area contributed by atoms with Crippen LogP contribution in [0.4, 0.5) is 5.00 Å². The molecule has 0 bridgehead atoms. The number of para-hydroxylation sites is 1. The second-order valence-electron chi connectivity index (χ2n) is 5.61. The van der Waals surface area contributed by atoms with E-state index in [1.165, 1.54) is 22.7 Å². The molecule has 0 saturated carbocycles. The van der Waals surface area contributed by atoms with Gasteiger partial charge in [0.2, 0.25) is 0 Å². The van der Waals surface area contributed by atoms with Gasteiger partial charge in [0.1, 0.15) is 16.3 Å². The van der Waals surface area contributed by atoms with E-state index in [-0.39, 0.29) is 12.5 Å². The van der Waals surface area contributed by atoms with Gasteiger partial charge in [0.05, 0.1) is 6.61 Å². The molecular formula is C20H19NO4S2. The molecule has 1 atom stereocenters. The van der Waals surface area contributed by atoms with Crippen LogP contribution in [0.25, 0.3) is 10.4 Å². The van der Waals surface area contributed by atoms with Crippen LogP contribution in [0.1, 0.15) is 24.2 Å². The molecule has 2 aromatic heterocycles. The quantitative estimate of drug-likeness (QED) is 0.562. The number of rotatable bonds is 7. The first-order valence-corrected chi connectivity index (χ1v) is 10.2. The molecule has 1 N–H and O–H groups in total. The van der Waals surface area contributed by atoms with E-state index in [1.54, 1.807) is 26.0 Å². The molecular weight excluding hydrogens is 382 g/mol. The fourth-order valence-electron chi connectivity index (χ4n) is 2.44. The van der Waals surface area contributed by atoms with Crippen LogP contribution in [-0.4, -0.2) is 24.6 Å². The lowest BCUT2D eigenvalue weighted by molar-refractivity contribution is -0.122. The highest BCUT2D eigenvalue weighted by atomic mass is 32.1. The first-order valence-electron chi connectivity index (χ1n) is 8.45. The average molecular weight is 402 g/mol. The topological polar surface area (TPSA) is 64.6 Å². The van der Waals surface area contributed by atoms with E-state index in [0.717, 1.165) is 10.4 Å². The van der Waals surface area contributed by atoms with Crippen molar-refractivity contribution in [3.05, 3.63) is 58.8 Å². The standard InChI is InChI=1S/C20H19NO4S2/c1-3-24-20(23)17-15(16-10-7-11-26-16)12-27-19(17)21-18(22)13(2)25-14-8-5-4-6-9-14/h4-13H,3H2,1-2H3,(H,21,22)/t13-/m1/s1. The largest absolute Gasteiger partial charge is 0.481 e. The van der Waals surface area contributed by atoms with Crippen LogP contribution in [0.2, 0.25) is 0 Å². The van der Waals surface area contributed by atoms with Gasteiger partial charge < -0.3 is 14.8 Å². The number of amides is 1. The minimum Gasteiger partial charge on any atom is -0.481 e. The molecule has 5 nitrogen and oxygen atoms in total. The second kappa shape index (κ2) is 8.83. The van der Waals surface area contributed by atoms with Crippen LogP contribution in [-0.2, 0) is 9.53 Å². The Morgan fingerprint density at radius 2 is 1.89 bits per heavy atom. The molecule has 0 fully saturated rings. The molecule has 1 amide bonds. The van der Waals surface area contributed by atoms with Crippen molar-refractivity contribution in [3.8, 4) is 16.2 Å². The lowest BCUT2D eigenvalue weighted by Crippen LogP contribution is -2.30. The maximum absolute atomic E-state index is 12.6. The summed E-state index contributed by atoms with van der Waals surface area (Å²) in [6.07, 6.45) is -0.713. The number of thiophene rings is 2. The highest BCUT2D eigenvalue weighted by molar-refractivity contribution is 7.17. The highest BCUT2D eigenvalue weighted by Gasteiger charge is 2.25. The van der Waals surface area contributed by atoms with E-state index in [9.17, 15) is 9.59 Å². The molecule has 3 aromatic rings. The summed E-state index contributed by atoms with van der Waals surface area (Å²) >= 11 is 2.83. The van der Waals surface area contributed by atoms with Crippen molar-refractivity contribution in [2.45, 2.75) is 20.0 Å². The number of esters is 1. The summed E-state index contributed by atoms with van der Waals surface area (Å²) in [5, 5.41) is 7.07. The van der Waals surface area contributed by atoms with Gasteiger partial charge >= 0.3 is 5.97 Å². The third kappa shape index (κ3) is 4.56. The van der Waals surface area contributed by atoms with Gasteiger partial charge in [-0.05, 0) is 37.4 Å². The van der Waals surface area contributed by atoms with Crippen LogP contribution >= 0.6 is 22.7 Å². The molecule has 140 valence electrons. The SMILES string of the molecule is CCOC(=O)c1c(-c2cccs2)csc1NC(=O)[C@@H](C)Oc1ccccc1. The van der Waals surface area contributed by atoms with E-state index >= 15 is 0 Å². The van der Waals surface area contributed by atoms with E-state index in [4.69, 9.17) is 9.47 Å². The molecule has 0 spiro atoms. The van der Waals surface area contributed by atoms with Crippen molar-refractivity contribution >= 4 is 39.6 Å². The summed E-state index contributed by atoms with van der Waals surface area (Å²) in [6, 6.07) is 13.0. The van der Waals surface area contributed by atoms with Crippen molar-refractivity contribution < 1.29 is 19.1 Å². The number of anilines is 1. The van der Waals surface area contributed by atoms with Crippen LogP contribution in [0.15, 0.2) is 53.2 Å². The van der Waals surface area contributed by atoms with Gasteiger partial charge in [-0.25, -0.2) is 4.79 Å². The fraction of sp³-hybridized carbons (Fsp3) is 0.200. The number of carbonyl (C=O) groups excluding carboxylic acids is 2. The zero-order chi connectivity index (χ0) is 19.2. The Morgan fingerprint density at radius 3 is 2.56 bits per heavy atom. The van der Waals surface area contributed by atoms with Crippen LogP contribution < -0.4 is 10.1 Å². The first kappa shape index (κ1) is 19.1. The molecule has 27 heavy (non-hydrogen) atoms. The molecule has 3 rings (SSSR count). The maximum atomic E-state index is 12.6. The molecule has 0 radical (unpaired) electrons. The predicted molar refractivity (Wildman–Crippen MR) is 109 cm³/mol. The monoisotopic (exact) mass is 401 g/mol. The predicted octanol–water partition coefficient (Wildman–Crippen LogP) is 5.06. The number of nitrogens with one attached hydrogen (secondary N) is 1. The zero-order valence-electron chi connectivity index (χ0n) is 14.9. The highest BCUT2D eigenvalue weighted by Crippen LogP contribution is 2.38. The van der Waals surface area contributed by atoms with E-state index in [1.807, 2.05) is 41.1 Å². The van der Waals surface area contributed by atoms with Gasteiger partial charge in [-0.15, -0.1) is 22.7 Å². The van der Waals surface area contributed by atoms with E-state index < -0.39 is 12.1 Å². The summed E-state index contributed by atoms with van der Waals surface area (Å²) in [5.74, 6) is -0.172. The number of hydrogen-bond acceptors (Lipinski definition) is 6. The third-order valence-corrected chi connectivity index (χ3v) is 5.52. The van der Waals surface area contributed by atoms with Gasteiger partial charge in [0.15, 0.2) is 6.10 Å². The van der Waals surface area contributed by atoms with Gasteiger partial charge in [-0.1, -0.05) is 24.3 Å². The van der Waals surface area contributed by atoms with Crippen LogP contribution in [0, 0.1) is 0 Å². The summed E-state index contributed by atoms with van der Waals surface area (Å²) in [5.41, 5.74) is 1.14. The Morgan fingerprint density at radius 1 is 1.11 bits per heavy atom. The van der Waals surface area contributed by atoms with Crippen LogP contribution in [0.5, 0.6) is 5.75 Å². The molecule has 0 aliphatic carbocycles. The first-order chi connectivity index (χ1) is 13.1. The smallest absolute Gasteiger partial charge is 0.341 e. The number of ether oxygens (including phenoxy) is 2. The van der Waals surface area contributed by atoms with Crippen molar-refractivity contribution in [1.29, 1.82) is 0 Å². The zero-order valence-corrected chi connectivity index (χ0v) is 16.6. The summed E-state index contributed by atoms with van der Waals surface area (Å²) in [4.78, 5) is 26.0. The Bertz CT molecular complexity index is 903. The normalized spacial score (nSPS) is 11.6. The van der Waals surface area contributed by atoms with Gasteiger partial charge in [-0.2, -0.15) is 0 Å². The lowest BCUT2D eigenvalue weighted by Gasteiger charge is -2.15. The van der Waals surface area contributed by atoms with E-state index in [2.05, 4.69) is 5.32 Å². The Kier molecular flexibility index (Phi) is 6.26. The molecule has 0 aliphatic rings. The maximum Gasteiger partial charge on any atom is 0.341 e. The lowest BCUT2D eigenvalue weighted by atomic mass is 10.1. The molecule has 1 aromatic carbocycles. The fourth-order valence-corrected chi connectivity index (χ4v) is 4.21. The number of benzene rings is 1. The Balaban J connectivity index is 1.81. The summed E-state index contributed by atoms with van der Waals surface area (Å²) in [7, 11) is 0. The van der Waals surface area contributed by atoms with Gasteiger partial charge in [-0.3, -0.25) is 4.79 Å². The Hall–Kier alpha value is -2.64. The van der Waals surface area contributed by atoms with Gasteiger partial charge in [0, 0.05) is 15.8 Å². The summed E-state index contributed by atoms with van der Waals surface area (Å²) in [6.45, 7) is 3.68. The molecule has 0 aliphatic heterocycles. The summed E-state index contributed by atoms with van der Waals surface area (Å²) < 4.78 is 10.8. The van der Waals surface area contributed by atoms with Gasteiger partial charge in [0.25, 0.3) is 5.91 Å². The molecule has 0 saturated heterocycles. The molecule has 7 heteroatoms. The average Bonchev–Trinajstić information content (AvgIpc) is 3.32. The van der Waals surface area contributed by atoms with Crippen LogP contribution in [0.3, 0.4) is 0 Å². The van der Waals surface area contributed by atoms with Crippen molar-refractivity contribution in [3.63, 3.8) is 0 Å². The van der Waals surface area contributed by atoms with Crippen molar-refractivity contribution in [1.82, 2.24) is 0 Å². The third-order valence-electron chi connectivity index (χ3n) is 3.72. The van der Waals surface area contributed by atoms with E-state index in [0.29, 0.717) is 16.3 Å².